The first-order valence-corrected chi connectivity index (χ1v) is 10.7. The van der Waals surface area contributed by atoms with Crippen molar-refractivity contribution in [2.75, 3.05) is 25.1 Å². The number of halogens is 2. The molecule has 0 heterocycles. The SMILES string of the molecule is CCNC(=NCCc1cc(Br)ccc1F)NC(C)CCS(C)(=O)=O. The molecule has 24 heavy (non-hydrogen) atoms. The fourth-order valence-corrected chi connectivity index (χ4v) is 3.23. The van der Waals surface area contributed by atoms with Crippen LogP contribution in [0.25, 0.3) is 0 Å². The molecule has 1 atom stereocenters. The number of nitrogens with one attached hydrogen (secondary N) is 2. The molecule has 1 rings (SSSR count). The number of nitrogens with zero attached hydrogens (tertiary/aromatic N) is 1. The molecular formula is C16H25BrFN3O2S. The summed E-state index contributed by atoms with van der Waals surface area (Å²) >= 11 is 3.33. The molecule has 0 aliphatic carbocycles. The van der Waals surface area contributed by atoms with Crippen LogP contribution in [-0.4, -0.2) is 45.5 Å². The molecule has 0 aliphatic rings. The third-order valence-corrected chi connectivity index (χ3v) is 4.78. The lowest BCUT2D eigenvalue weighted by molar-refractivity contribution is 0.581. The van der Waals surface area contributed by atoms with Crippen LogP contribution in [0.1, 0.15) is 25.8 Å². The molecule has 8 heteroatoms. The number of sulfone groups is 1. The zero-order chi connectivity index (χ0) is 18.2. The summed E-state index contributed by atoms with van der Waals surface area (Å²) in [5.41, 5.74) is 0.606. The standard InChI is InChI=1S/C16H25BrFN3O2S/c1-4-19-16(21-12(2)8-10-24(3,22)23)20-9-7-13-11-14(17)5-6-15(13)18/h5-6,11-12H,4,7-10H2,1-3H3,(H2,19,20,21). The van der Waals surface area contributed by atoms with E-state index in [1.807, 2.05) is 13.8 Å². The van der Waals surface area contributed by atoms with Gasteiger partial charge in [0.1, 0.15) is 15.7 Å². The molecule has 0 aromatic heterocycles. The highest BCUT2D eigenvalue weighted by atomic mass is 79.9. The predicted octanol–water partition coefficient (Wildman–Crippen LogP) is 2.51. The molecule has 136 valence electrons. The largest absolute Gasteiger partial charge is 0.357 e. The van der Waals surface area contributed by atoms with Gasteiger partial charge in [-0.2, -0.15) is 0 Å². The molecule has 0 aliphatic heterocycles. The monoisotopic (exact) mass is 421 g/mol. The van der Waals surface area contributed by atoms with Crippen LogP contribution in [0.4, 0.5) is 4.39 Å². The highest BCUT2D eigenvalue weighted by Gasteiger charge is 2.09. The number of benzene rings is 1. The Labute approximate surface area is 152 Å². The Balaban J connectivity index is 2.60. The molecule has 0 fully saturated rings. The van der Waals surface area contributed by atoms with Gasteiger partial charge in [-0.05, 0) is 50.5 Å². The van der Waals surface area contributed by atoms with Crippen LogP contribution >= 0.6 is 15.9 Å². The molecule has 0 spiro atoms. The summed E-state index contributed by atoms with van der Waals surface area (Å²) in [5, 5.41) is 6.28. The van der Waals surface area contributed by atoms with E-state index in [0.717, 1.165) is 4.47 Å². The smallest absolute Gasteiger partial charge is 0.191 e. The van der Waals surface area contributed by atoms with Gasteiger partial charge in [0.2, 0.25) is 0 Å². The maximum atomic E-state index is 13.7. The van der Waals surface area contributed by atoms with Gasteiger partial charge in [0, 0.05) is 29.9 Å². The van der Waals surface area contributed by atoms with Crippen molar-refractivity contribution < 1.29 is 12.8 Å². The Hall–Kier alpha value is -1.15. The molecule has 1 aromatic carbocycles. The summed E-state index contributed by atoms with van der Waals surface area (Å²) in [6.07, 6.45) is 2.22. The molecule has 1 aromatic rings. The first-order chi connectivity index (χ1) is 11.2. The van der Waals surface area contributed by atoms with Crippen LogP contribution in [-0.2, 0) is 16.3 Å². The zero-order valence-corrected chi connectivity index (χ0v) is 16.7. The lowest BCUT2D eigenvalue weighted by Gasteiger charge is -2.17. The van der Waals surface area contributed by atoms with Crippen LogP contribution in [0, 0.1) is 5.82 Å². The normalized spacial score (nSPS) is 13.6. The van der Waals surface area contributed by atoms with E-state index in [2.05, 4.69) is 31.6 Å². The molecule has 0 saturated carbocycles. The molecular weight excluding hydrogens is 397 g/mol. The average molecular weight is 422 g/mol. The van der Waals surface area contributed by atoms with Crippen molar-refractivity contribution in [2.45, 2.75) is 32.7 Å². The summed E-state index contributed by atoms with van der Waals surface area (Å²) in [5.74, 6) is 0.492. The van der Waals surface area contributed by atoms with Crippen molar-refractivity contribution in [3.05, 3.63) is 34.1 Å². The van der Waals surface area contributed by atoms with Crippen LogP contribution in [0.5, 0.6) is 0 Å². The van der Waals surface area contributed by atoms with Gasteiger partial charge in [-0.1, -0.05) is 15.9 Å². The number of rotatable bonds is 8. The van der Waals surface area contributed by atoms with Crippen molar-refractivity contribution in [3.8, 4) is 0 Å². The summed E-state index contributed by atoms with van der Waals surface area (Å²) in [4.78, 5) is 4.43. The lowest BCUT2D eigenvalue weighted by atomic mass is 10.1. The first kappa shape index (κ1) is 20.9. The highest BCUT2D eigenvalue weighted by molar-refractivity contribution is 9.10. The van der Waals surface area contributed by atoms with Crippen LogP contribution < -0.4 is 10.6 Å². The van der Waals surface area contributed by atoms with Crippen LogP contribution in [0.3, 0.4) is 0 Å². The zero-order valence-electron chi connectivity index (χ0n) is 14.3. The van der Waals surface area contributed by atoms with Gasteiger partial charge in [0.25, 0.3) is 0 Å². The van der Waals surface area contributed by atoms with Crippen LogP contribution in [0.2, 0.25) is 0 Å². The highest BCUT2D eigenvalue weighted by Crippen LogP contribution is 2.15. The topological polar surface area (TPSA) is 70.6 Å². The predicted molar refractivity (Wildman–Crippen MR) is 101 cm³/mol. The van der Waals surface area contributed by atoms with Crippen molar-refractivity contribution in [3.63, 3.8) is 0 Å². The van der Waals surface area contributed by atoms with Gasteiger partial charge in [-0.25, -0.2) is 12.8 Å². The van der Waals surface area contributed by atoms with Gasteiger partial charge >= 0.3 is 0 Å². The van der Waals surface area contributed by atoms with E-state index in [4.69, 9.17) is 0 Å². The van der Waals surface area contributed by atoms with E-state index >= 15 is 0 Å². The molecule has 5 nitrogen and oxygen atoms in total. The molecule has 1 unspecified atom stereocenters. The second-order valence-corrected chi connectivity index (χ2v) is 8.89. The number of hydrogen-bond donors (Lipinski definition) is 2. The van der Waals surface area contributed by atoms with Crippen molar-refractivity contribution >= 4 is 31.7 Å². The minimum absolute atomic E-state index is 0.0277. The van der Waals surface area contributed by atoms with Crippen molar-refractivity contribution in [1.82, 2.24) is 10.6 Å². The van der Waals surface area contributed by atoms with Crippen LogP contribution in [0.15, 0.2) is 27.7 Å². The molecule has 0 saturated heterocycles. The Morgan fingerprint density at radius 1 is 1.42 bits per heavy atom. The number of hydrogen-bond acceptors (Lipinski definition) is 3. The third kappa shape index (κ3) is 8.63. The summed E-state index contributed by atoms with van der Waals surface area (Å²) in [6, 6.07) is 4.82. The summed E-state index contributed by atoms with van der Waals surface area (Å²) in [7, 11) is -2.98. The second-order valence-electron chi connectivity index (χ2n) is 5.71. The molecule has 0 bridgehead atoms. The average Bonchev–Trinajstić information content (AvgIpc) is 2.48. The van der Waals surface area contributed by atoms with Gasteiger partial charge in [0.05, 0.1) is 5.75 Å². The fraction of sp³-hybridized carbons (Fsp3) is 0.562. The summed E-state index contributed by atoms with van der Waals surface area (Å²) < 4.78 is 37.0. The lowest BCUT2D eigenvalue weighted by Crippen LogP contribution is -2.43. The van der Waals surface area contributed by atoms with E-state index in [0.29, 0.717) is 37.5 Å². The molecule has 2 N–H and O–H groups in total. The van der Waals surface area contributed by atoms with E-state index < -0.39 is 9.84 Å². The fourth-order valence-electron chi connectivity index (χ4n) is 2.04. The minimum Gasteiger partial charge on any atom is -0.357 e. The Bertz CT molecular complexity index is 665. The van der Waals surface area contributed by atoms with E-state index in [9.17, 15) is 12.8 Å². The minimum atomic E-state index is -2.98. The molecule has 0 radical (unpaired) electrons. The van der Waals surface area contributed by atoms with Crippen molar-refractivity contribution in [1.29, 1.82) is 0 Å². The maximum Gasteiger partial charge on any atom is 0.191 e. The van der Waals surface area contributed by atoms with Gasteiger partial charge < -0.3 is 10.6 Å². The third-order valence-electron chi connectivity index (χ3n) is 3.31. The molecule has 0 amide bonds. The maximum absolute atomic E-state index is 13.7. The van der Waals surface area contributed by atoms with Gasteiger partial charge in [0.15, 0.2) is 5.96 Å². The first-order valence-electron chi connectivity index (χ1n) is 7.87. The number of aliphatic imine (C=N–C) groups is 1. The Morgan fingerprint density at radius 2 is 2.12 bits per heavy atom. The van der Waals surface area contributed by atoms with Crippen molar-refractivity contribution in [2.24, 2.45) is 4.99 Å². The Kier molecular flexibility index (Phi) is 8.69. The Morgan fingerprint density at radius 3 is 2.75 bits per heavy atom. The van der Waals surface area contributed by atoms with Gasteiger partial charge in [-0.3, -0.25) is 4.99 Å². The second kappa shape index (κ2) is 9.98. The summed E-state index contributed by atoms with van der Waals surface area (Å²) in [6.45, 7) is 4.98. The van der Waals surface area contributed by atoms with E-state index in [1.165, 1.54) is 12.3 Å². The van der Waals surface area contributed by atoms with E-state index in [1.54, 1.807) is 12.1 Å². The van der Waals surface area contributed by atoms with Gasteiger partial charge in [-0.15, -0.1) is 0 Å². The quantitative estimate of drug-likeness (QED) is 0.499. The van der Waals surface area contributed by atoms with E-state index in [-0.39, 0.29) is 17.6 Å². The number of guanidine groups is 1.